The van der Waals surface area contributed by atoms with Crippen LogP contribution in [0.4, 0.5) is 0 Å². The van der Waals surface area contributed by atoms with Crippen LogP contribution in [-0.2, 0) is 4.79 Å². The summed E-state index contributed by atoms with van der Waals surface area (Å²) in [5.74, 6) is 2.27. The van der Waals surface area contributed by atoms with Gasteiger partial charge in [0.05, 0.1) is 0 Å². The van der Waals surface area contributed by atoms with Crippen LogP contribution in [-0.4, -0.2) is 43.1 Å². The van der Waals surface area contributed by atoms with E-state index in [0.717, 1.165) is 62.2 Å². The van der Waals surface area contributed by atoms with Gasteiger partial charge in [-0.05, 0) is 75.4 Å². The minimum absolute atomic E-state index is 0.0901. The first kappa shape index (κ1) is 16.6. The molecule has 2 fully saturated rings. The van der Waals surface area contributed by atoms with Crippen LogP contribution in [0.3, 0.4) is 0 Å². The molecule has 4 nitrogen and oxygen atoms in total. The summed E-state index contributed by atoms with van der Waals surface area (Å²) < 4.78 is 5.89. The molecule has 0 aliphatic carbocycles. The van der Waals surface area contributed by atoms with Gasteiger partial charge in [-0.1, -0.05) is 11.6 Å². The van der Waals surface area contributed by atoms with E-state index in [4.69, 9.17) is 16.3 Å². The molecule has 0 spiro atoms. The second-order valence-corrected chi connectivity index (χ2v) is 7.19. The number of nitrogens with zero attached hydrogens (tertiary/aromatic N) is 1. The van der Waals surface area contributed by atoms with E-state index >= 15 is 0 Å². The predicted molar refractivity (Wildman–Crippen MR) is 91.9 cm³/mol. The number of hydrogen-bond donors (Lipinski definition) is 1. The van der Waals surface area contributed by atoms with Crippen LogP contribution in [0.2, 0.25) is 5.02 Å². The number of nitrogens with one attached hydrogen (secondary N) is 1. The molecule has 0 saturated carbocycles. The van der Waals surface area contributed by atoms with Crippen molar-refractivity contribution < 1.29 is 9.53 Å². The number of carbonyl (C=O) groups excluding carboxylic acids is 1. The molecular formula is C18H25ClN2O2. The van der Waals surface area contributed by atoms with Crippen LogP contribution in [0.25, 0.3) is 0 Å². The van der Waals surface area contributed by atoms with Crippen molar-refractivity contribution in [1.82, 2.24) is 10.2 Å². The Balaban J connectivity index is 1.60. The van der Waals surface area contributed by atoms with Gasteiger partial charge in [-0.15, -0.1) is 0 Å². The molecule has 1 N–H and O–H groups in total. The molecule has 3 rings (SSSR count). The third kappa shape index (κ3) is 3.81. The summed E-state index contributed by atoms with van der Waals surface area (Å²) in [5.41, 5.74) is 0.952. The summed E-state index contributed by atoms with van der Waals surface area (Å²) in [7, 11) is 0. The van der Waals surface area contributed by atoms with E-state index in [1.165, 1.54) is 0 Å². The summed E-state index contributed by atoms with van der Waals surface area (Å²) in [6.45, 7) is 7.66. The van der Waals surface area contributed by atoms with E-state index < -0.39 is 6.10 Å². The van der Waals surface area contributed by atoms with Crippen molar-refractivity contribution in [3.05, 3.63) is 28.8 Å². The van der Waals surface area contributed by atoms with Crippen LogP contribution in [0, 0.1) is 18.8 Å². The van der Waals surface area contributed by atoms with E-state index in [0.29, 0.717) is 5.02 Å². The lowest BCUT2D eigenvalue weighted by molar-refractivity contribution is -0.138. The maximum absolute atomic E-state index is 12.7. The standard InChI is InChI=1S/C18H25ClN2O2/c1-12-9-16(19)3-4-17(12)23-13(2)18(22)21-7-5-14-10-20-11-15(14)6-8-21/h3-4,9,13-15,20H,5-8,10-11H2,1-2H3/t13?,14-,15+. The van der Waals surface area contributed by atoms with E-state index in [2.05, 4.69) is 5.32 Å². The first-order valence-corrected chi connectivity index (χ1v) is 8.84. The van der Waals surface area contributed by atoms with Crippen molar-refractivity contribution in [1.29, 1.82) is 0 Å². The third-order valence-electron chi connectivity index (χ3n) is 5.12. The molecule has 1 amide bonds. The first-order chi connectivity index (χ1) is 11.0. The lowest BCUT2D eigenvalue weighted by Gasteiger charge is -2.25. The van der Waals surface area contributed by atoms with Crippen molar-refractivity contribution >= 4 is 17.5 Å². The largest absolute Gasteiger partial charge is 0.481 e. The van der Waals surface area contributed by atoms with Gasteiger partial charge < -0.3 is 15.0 Å². The second kappa shape index (κ2) is 7.10. The number of hydrogen-bond acceptors (Lipinski definition) is 3. The van der Waals surface area contributed by atoms with Crippen molar-refractivity contribution in [2.24, 2.45) is 11.8 Å². The molecule has 1 aromatic rings. The SMILES string of the molecule is Cc1cc(Cl)ccc1OC(C)C(=O)N1CC[C@@H]2CNC[C@@H]2CC1. The average Bonchev–Trinajstić information content (AvgIpc) is 2.88. The third-order valence-corrected chi connectivity index (χ3v) is 5.35. The molecular weight excluding hydrogens is 312 g/mol. The van der Waals surface area contributed by atoms with Gasteiger partial charge in [-0.25, -0.2) is 0 Å². The molecule has 2 saturated heterocycles. The quantitative estimate of drug-likeness (QED) is 0.922. The monoisotopic (exact) mass is 336 g/mol. The van der Waals surface area contributed by atoms with E-state index in [1.807, 2.05) is 30.9 Å². The maximum atomic E-state index is 12.7. The van der Waals surface area contributed by atoms with Gasteiger partial charge in [0.15, 0.2) is 6.10 Å². The molecule has 2 heterocycles. The van der Waals surface area contributed by atoms with Gasteiger partial charge in [0.25, 0.3) is 5.91 Å². The molecule has 1 aromatic carbocycles. The van der Waals surface area contributed by atoms with E-state index in [9.17, 15) is 4.79 Å². The summed E-state index contributed by atoms with van der Waals surface area (Å²) in [5, 5.41) is 4.15. The lowest BCUT2D eigenvalue weighted by Crippen LogP contribution is -2.41. The molecule has 1 unspecified atom stereocenters. The first-order valence-electron chi connectivity index (χ1n) is 8.47. The molecule has 0 radical (unpaired) electrons. The number of halogens is 1. The molecule has 126 valence electrons. The number of ether oxygens (including phenoxy) is 1. The summed E-state index contributed by atoms with van der Waals surface area (Å²) >= 11 is 5.97. The van der Waals surface area contributed by atoms with Gasteiger partial charge >= 0.3 is 0 Å². The average molecular weight is 337 g/mol. The molecule has 0 bridgehead atoms. The Morgan fingerprint density at radius 1 is 1.30 bits per heavy atom. The highest BCUT2D eigenvalue weighted by atomic mass is 35.5. The Morgan fingerprint density at radius 2 is 1.96 bits per heavy atom. The number of amides is 1. The number of fused-ring (bicyclic) bond motifs is 1. The molecule has 5 heteroatoms. The van der Waals surface area contributed by atoms with Crippen molar-refractivity contribution in [2.75, 3.05) is 26.2 Å². The van der Waals surface area contributed by atoms with Crippen LogP contribution in [0.1, 0.15) is 25.3 Å². The van der Waals surface area contributed by atoms with Gasteiger partial charge in [-0.2, -0.15) is 0 Å². The molecule has 3 atom stereocenters. The minimum atomic E-state index is -0.467. The van der Waals surface area contributed by atoms with Gasteiger partial charge in [0, 0.05) is 18.1 Å². The fourth-order valence-electron chi connectivity index (χ4n) is 3.68. The van der Waals surface area contributed by atoms with E-state index in [1.54, 1.807) is 6.07 Å². The Bertz CT molecular complexity index is 564. The lowest BCUT2D eigenvalue weighted by atomic mass is 9.92. The summed E-state index contributed by atoms with van der Waals surface area (Å²) in [6, 6.07) is 5.48. The van der Waals surface area contributed by atoms with Crippen LogP contribution in [0.5, 0.6) is 5.75 Å². The zero-order chi connectivity index (χ0) is 16.4. The fourth-order valence-corrected chi connectivity index (χ4v) is 3.91. The van der Waals surface area contributed by atoms with Crippen LogP contribution in [0.15, 0.2) is 18.2 Å². The Labute approximate surface area is 143 Å². The highest BCUT2D eigenvalue weighted by molar-refractivity contribution is 6.30. The highest BCUT2D eigenvalue weighted by Gasteiger charge is 2.32. The van der Waals surface area contributed by atoms with Gasteiger partial charge in [0.2, 0.25) is 0 Å². The Hall–Kier alpha value is -1.26. The summed E-state index contributed by atoms with van der Waals surface area (Å²) in [4.78, 5) is 14.7. The zero-order valence-corrected chi connectivity index (χ0v) is 14.6. The van der Waals surface area contributed by atoms with Crippen LogP contribution >= 0.6 is 11.6 Å². The number of benzene rings is 1. The van der Waals surface area contributed by atoms with Crippen molar-refractivity contribution in [3.63, 3.8) is 0 Å². The topological polar surface area (TPSA) is 41.6 Å². The predicted octanol–water partition coefficient (Wildman–Crippen LogP) is 2.87. The summed E-state index contributed by atoms with van der Waals surface area (Å²) in [6.07, 6.45) is 1.72. The molecule has 23 heavy (non-hydrogen) atoms. The molecule has 2 aliphatic rings. The van der Waals surface area contributed by atoms with Gasteiger partial charge in [-0.3, -0.25) is 4.79 Å². The second-order valence-electron chi connectivity index (χ2n) is 6.75. The van der Waals surface area contributed by atoms with Crippen molar-refractivity contribution in [2.45, 2.75) is 32.8 Å². The Kier molecular flexibility index (Phi) is 5.12. The highest BCUT2D eigenvalue weighted by Crippen LogP contribution is 2.28. The van der Waals surface area contributed by atoms with E-state index in [-0.39, 0.29) is 5.91 Å². The normalized spacial score (nSPS) is 25.6. The van der Waals surface area contributed by atoms with Crippen LogP contribution < -0.4 is 10.1 Å². The number of rotatable bonds is 3. The maximum Gasteiger partial charge on any atom is 0.263 e. The smallest absolute Gasteiger partial charge is 0.263 e. The minimum Gasteiger partial charge on any atom is -0.481 e. The fraction of sp³-hybridized carbons (Fsp3) is 0.611. The Morgan fingerprint density at radius 3 is 2.57 bits per heavy atom. The number of likely N-dealkylation sites (tertiary alicyclic amines) is 1. The molecule has 2 aliphatic heterocycles. The van der Waals surface area contributed by atoms with Gasteiger partial charge in [0.1, 0.15) is 5.75 Å². The number of carbonyl (C=O) groups is 1. The van der Waals surface area contributed by atoms with Crippen molar-refractivity contribution in [3.8, 4) is 5.75 Å². The zero-order valence-electron chi connectivity index (χ0n) is 13.8. The molecule has 0 aromatic heterocycles. The number of aryl methyl sites for hydroxylation is 1.